The number of aromatic nitrogens is 1. The molecule has 25 heavy (non-hydrogen) atoms. The smallest absolute Gasteiger partial charge is 0.263 e. The van der Waals surface area contributed by atoms with Gasteiger partial charge in [-0.1, -0.05) is 6.58 Å². The maximum absolute atomic E-state index is 12.6. The molecule has 1 aliphatic rings. The zero-order valence-electron chi connectivity index (χ0n) is 13.4. The third-order valence-electron chi connectivity index (χ3n) is 3.63. The first-order valence-electron chi connectivity index (χ1n) is 7.67. The molecule has 0 radical (unpaired) electrons. The Bertz CT molecular complexity index is 880. The predicted molar refractivity (Wildman–Crippen MR) is 100.0 cm³/mol. The van der Waals surface area contributed by atoms with E-state index in [4.69, 9.17) is 9.47 Å². The molecule has 6 nitrogen and oxygen atoms in total. The van der Waals surface area contributed by atoms with Crippen molar-refractivity contribution in [3.63, 3.8) is 0 Å². The van der Waals surface area contributed by atoms with E-state index in [1.54, 1.807) is 24.4 Å². The van der Waals surface area contributed by atoms with Gasteiger partial charge in [0.05, 0.1) is 18.1 Å². The van der Waals surface area contributed by atoms with Crippen LogP contribution in [0.25, 0.3) is 5.57 Å². The van der Waals surface area contributed by atoms with Crippen molar-refractivity contribution in [1.29, 1.82) is 0 Å². The number of rotatable bonds is 5. The van der Waals surface area contributed by atoms with E-state index >= 15 is 0 Å². The molecule has 0 amide bonds. The lowest BCUT2D eigenvalue weighted by molar-refractivity contribution is 0.297. The Balaban J connectivity index is 1.82. The number of hydrogen-bond donors (Lipinski definition) is 2. The van der Waals surface area contributed by atoms with E-state index in [9.17, 15) is 8.42 Å². The number of fused-ring (bicyclic) bond motifs is 1. The molecular weight excluding hydrogens is 360 g/mol. The number of sulfonamides is 1. The predicted octanol–water partition coefficient (Wildman–Crippen LogP) is 2.99. The van der Waals surface area contributed by atoms with Crippen molar-refractivity contribution in [1.82, 2.24) is 4.98 Å². The van der Waals surface area contributed by atoms with Crippen molar-refractivity contribution in [2.75, 3.05) is 23.7 Å². The van der Waals surface area contributed by atoms with Gasteiger partial charge in [-0.25, -0.2) is 13.4 Å². The number of pyridine rings is 1. The van der Waals surface area contributed by atoms with Crippen LogP contribution in [0.5, 0.6) is 11.5 Å². The van der Waals surface area contributed by atoms with Crippen molar-refractivity contribution < 1.29 is 17.9 Å². The monoisotopic (exact) mass is 378 g/mol. The average Bonchev–Trinajstić information content (AvgIpc) is 2.86. The first kappa shape index (κ1) is 17.6. The van der Waals surface area contributed by atoms with Gasteiger partial charge in [0.2, 0.25) is 0 Å². The second-order valence-electron chi connectivity index (χ2n) is 5.46. The van der Waals surface area contributed by atoms with E-state index in [1.165, 1.54) is 12.1 Å². The highest BCUT2D eigenvalue weighted by atomic mass is 32.2. The zero-order valence-corrected chi connectivity index (χ0v) is 15.1. The number of ether oxygens (including phenoxy) is 2. The third-order valence-corrected chi connectivity index (χ3v) is 5.36. The molecule has 0 atom stereocenters. The van der Waals surface area contributed by atoms with Gasteiger partial charge in [-0.3, -0.25) is 4.72 Å². The van der Waals surface area contributed by atoms with Crippen LogP contribution in [0.1, 0.15) is 12.0 Å². The normalized spacial score (nSPS) is 13.8. The number of thiol groups is 1. The minimum atomic E-state index is -3.78. The number of nitrogens with one attached hydrogen (secondary N) is 1. The van der Waals surface area contributed by atoms with Gasteiger partial charge in [-0.15, -0.1) is 0 Å². The van der Waals surface area contributed by atoms with E-state index in [0.717, 1.165) is 17.6 Å². The fourth-order valence-electron chi connectivity index (χ4n) is 2.26. The standard InChI is InChI=1S/C17H18N2O4S2/c1-12(11-24)13-3-6-17(18-10-13)19-25(20,21)14-4-5-15-16(9-14)23-8-2-7-22-15/h3-6,9-10,24H,1-2,7-8,11H2,(H,18,19). The zero-order chi connectivity index (χ0) is 17.9. The lowest BCUT2D eigenvalue weighted by Crippen LogP contribution is -2.14. The summed E-state index contributed by atoms with van der Waals surface area (Å²) in [7, 11) is -3.78. The van der Waals surface area contributed by atoms with E-state index in [1.807, 2.05) is 0 Å². The molecule has 2 aromatic rings. The van der Waals surface area contributed by atoms with E-state index < -0.39 is 10.0 Å². The topological polar surface area (TPSA) is 77.5 Å². The molecule has 2 heterocycles. The molecule has 0 unspecified atom stereocenters. The first-order chi connectivity index (χ1) is 12.0. The quantitative estimate of drug-likeness (QED) is 0.782. The molecule has 1 aliphatic heterocycles. The third kappa shape index (κ3) is 4.08. The van der Waals surface area contributed by atoms with E-state index in [2.05, 4.69) is 28.9 Å². The van der Waals surface area contributed by atoms with Crippen LogP contribution in [0.2, 0.25) is 0 Å². The SMILES string of the molecule is C=C(CS)c1ccc(NS(=O)(=O)c2ccc3c(c2)OCCCO3)nc1. The summed E-state index contributed by atoms with van der Waals surface area (Å²) in [5.74, 6) is 1.70. The number of nitrogens with zero attached hydrogens (tertiary/aromatic N) is 1. The molecule has 0 fully saturated rings. The van der Waals surface area contributed by atoms with Crippen LogP contribution in [0.4, 0.5) is 5.82 Å². The van der Waals surface area contributed by atoms with Crippen LogP contribution in [0.3, 0.4) is 0 Å². The first-order valence-corrected chi connectivity index (χ1v) is 9.79. The molecule has 0 saturated carbocycles. The van der Waals surface area contributed by atoms with Crippen molar-refractivity contribution in [3.8, 4) is 11.5 Å². The fourth-order valence-corrected chi connectivity index (χ4v) is 3.47. The van der Waals surface area contributed by atoms with Gasteiger partial charge in [0.1, 0.15) is 5.82 Å². The number of hydrogen-bond acceptors (Lipinski definition) is 6. The lowest BCUT2D eigenvalue weighted by Gasteiger charge is -2.11. The van der Waals surface area contributed by atoms with Crippen LogP contribution in [-0.2, 0) is 10.0 Å². The molecule has 0 bridgehead atoms. The fraction of sp³-hybridized carbons (Fsp3) is 0.235. The Morgan fingerprint density at radius 3 is 2.64 bits per heavy atom. The van der Waals surface area contributed by atoms with Crippen molar-refractivity contribution in [2.24, 2.45) is 0 Å². The molecule has 1 aromatic carbocycles. The Labute approximate surface area is 152 Å². The van der Waals surface area contributed by atoms with Gasteiger partial charge in [0, 0.05) is 24.4 Å². The van der Waals surface area contributed by atoms with E-state index in [-0.39, 0.29) is 10.7 Å². The molecular formula is C17H18N2O4S2. The van der Waals surface area contributed by atoms with Crippen LogP contribution in [-0.4, -0.2) is 32.4 Å². The highest BCUT2D eigenvalue weighted by Gasteiger charge is 2.19. The van der Waals surface area contributed by atoms with Crippen LogP contribution < -0.4 is 14.2 Å². The van der Waals surface area contributed by atoms with Crippen molar-refractivity contribution in [2.45, 2.75) is 11.3 Å². The molecule has 132 valence electrons. The minimum absolute atomic E-state index is 0.0856. The van der Waals surface area contributed by atoms with Gasteiger partial charge in [0.15, 0.2) is 11.5 Å². The summed E-state index contributed by atoms with van der Waals surface area (Å²) in [6.07, 6.45) is 2.31. The highest BCUT2D eigenvalue weighted by Crippen LogP contribution is 2.32. The lowest BCUT2D eigenvalue weighted by atomic mass is 10.1. The number of anilines is 1. The number of benzene rings is 1. The second kappa shape index (κ2) is 7.37. The maximum atomic E-state index is 12.6. The summed E-state index contributed by atoms with van der Waals surface area (Å²) in [5.41, 5.74) is 1.63. The molecule has 3 rings (SSSR count). The van der Waals surface area contributed by atoms with Gasteiger partial charge in [-0.2, -0.15) is 12.6 Å². The Morgan fingerprint density at radius 2 is 1.96 bits per heavy atom. The van der Waals surface area contributed by atoms with Crippen LogP contribution >= 0.6 is 12.6 Å². The largest absolute Gasteiger partial charge is 0.490 e. The Kier molecular flexibility index (Phi) is 5.19. The van der Waals surface area contributed by atoms with Gasteiger partial charge >= 0.3 is 0 Å². The van der Waals surface area contributed by atoms with Gasteiger partial charge in [0.25, 0.3) is 10.0 Å². The molecule has 0 spiro atoms. The summed E-state index contributed by atoms with van der Waals surface area (Å²) < 4.78 is 38.7. The summed E-state index contributed by atoms with van der Waals surface area (Å²) in [6, 6.07) is 7.87. The van der Waals surface area contributed by atoms with Crippen molar-refractivity contribution >= 4 is 34.0 Å². The molecule has 0 saturated heterocycles. The van der Waals surface area contributed by atoms with Crippen LogP contribution in [0, 0.1) is 0 Å². The average molecular weight is 378 g/mol. The molecule has 0 aliphatic carbocycles. The van der Waals surface area contributed by atoms with Gasteiger partial charge < -0.3 is 9.47 Å². The highest BCUT2D eigenvalue weighted by molar-refractivity contribution is 7.92. The van der Waals surface area contributed by atoms with Crippen LogP contribution in [0.15, 0.2) is 48.0 Å². The van der Waals surface area contributed by atoms with E-state index in [0.29, 0.717) is 30.5 Å². The summed E-state index contributed by atoms with van der Waals surface area (Å²) in [5, 5.41) is 0. The Hall–Kier alpha value is -2.19. The summed E-state index contributed by atoms with van der Waals surface area (Å²) >= 11 is 4.16. The maximum Gasteiger partial charge on any atom is 0.263 e. The molecule has 1 aromatic heterocycles. The summed E-state index contributed by atoms with van der Waals surface area (Å²) in [4.78, 5) is 4.21. The molecule has 1 N–H and O–H groups in total. The van der Waals surface area contributed by atoms with Gasteiger partial charge in [-0.05, 0) is 35.4 Å². The van der Waals surface area contributed by atoms with Crippen molar-refractivity contribution in [3.05, 3.63) is 48.7 Å². The summed E-state index contributed by atoms with van der Waals surface area (Å²) in [6.45, 7) is 4.90. The Morgan fingerprint density at radius 1 is 1.20 bits per heavy atom. The second-order valence-corrected chi connectivity index (χ2v) is 7.46. The minimum Gasteiger partial charge on any atom is -0.490 e. The molecule has 8 heteroatoms.